The number of hydrogen-bond donors (Lipinski definition) is 3. The Morgan fingerprint density at radius 3 is 2.70 bits per heavy atom. The molecule has 0 saturated heterocycles. The zero-order valence-electron chi connectivity index (χ0n) is 15.3. The molecule has 1 saturated carbocycles. The zero-order chi connectivity index (χ0) is 19.2. The van der Waals surface area contributed by atoms with E-state index < -0.39 is 5.91 Å². The van der Waals surface area contributed by atoms with Gasteiger partial charge in [-0.25, -0.2) is 9.97 Å². The van der Waals surface area contributed by atoms with Crippen LogP contribution in [0.1, 0.15) is 65.0 Å². The van der Waals surface area contributed by atoms with Gasteiger partial charge < -0.3 is 15.7 Å². The van der Waals surface area contributed by atoms with Crippen molar-refractivity contribution in [1.29, 1.82) is 0 Å². The minimum Gasteiger partial charge on any atom is -0.505 e. The van der Waals surface area contributed by atoms with Crippen LogP contribution < -0.4 is 10.6 Å². The highest BCUT2D eigenvalue weighted by Crippen LogP contribution is 2.21. The molecule has 1 aliphatic rings. The lowest BCUT2D eigenvalue weighted by atomic mass is 9.90. The maximum absolute atomic E-state index is 12.4. The van der Waals surface area contributed by atoms with E-state index in [-0.39, 0.29) is 29.4 Å². The third-order valence-electron chi connectivity index (χ3n) is 4.59. The van der Waals surface area contributed by atoms with Gasteiger partial charge in [0.25, 0.3) is 11.8 Å². The normalized spacial score (nSPS) is 19.4. The lowest BCUT2D eigenvalue weighted by Gasteiger charge is -2.30. The molecule has 7 nitrogen and oxygen atoms in total. The van der Waals surface area contributed by atoms with Gasteiger partial charge in [0.05, 0.1) is 5.01 Å². The number of amides is 2. The van der Waals surface area contributed by atoms with Gasteiger partial charge in [-0.05, 0) is 50.7 Å². The molecule has 0 unspecified atom stereocenters. The summed E-state index contributed by atoms with van der Waals surface area (Å²) in [6.45, 7) is 2.09. The molecule has 0 aliphatic heterocycles. The second-order valence-corrected chi connectivity index (χ2v) is 7.70. The fourth-order valence-corrected chi connectivity index (χ4v) is 4.16. The Morgan fingerprint density at radius 1 is 1.26 bits per heavy atom. The molecule has 3 N–H and O–H groups in total. The molecule has 8 heteroatoms. The monoisotopic (exact) mass is 388 g/mol. The van der Waals surface area contributed by atoms with E-state index in [0.29, 0.717) is 12.1 Å². The number of rotatable bonds is 6. The molecule has 0 spiro atoms. The summed E-state index contributed by atoms with van der Waals surface area (Å²) in [6.07, 6.45) is 6.63. The number of aromatic nitrogens is 2. The van der Waals surface area contributed by atoms with Gasteiger partial charge in [0.1, 0.15) is 11.4 Å². The lowest BCUT2D eigenvalue weighted by Crippen LogP contribution is -2.46. The third kappa shape index (κ3) is 5.03. The first kappa shape index (κ1) is 19.3. The molecule has 2 amide bonds. The number of nitrogens with zero attached hydrogens (tertiary/aromatic N) is 2. The molecular weight excluding hydrogens is 364 g/mol. The number of thiazole rings is 1. The summed E-state index contributed by atoms with van der Waals surface area (Å²) in [5.74, 6) is -0.691. The topological polar surface area (TPSA) is 104 Å². The first-order valence-corrected chi connectivity index (χ1v) is 10.1. The predicted octanol–water partition coefficient (Wildman–Crippen LogP) is 2.67. The van der Waals surface area contributed by atoms with Crippen molar-refractivity contribution in [3.8, 4) is 5.75 Å². The molecule has 1 fully saturated rings. The van der Waals surface area contributed by atoms with Crippen LogP contribution in [-0.2, 0) is 6.42 Å². The van der Waals surface area contributed by atoms with Crippen molar-refractivity contribution in [1.82, 2.24) is 20.6 Å². The SMILES string of the molecule is CCCc1nc(C(=O)N[C@@H]2CCC[C@H](NC(=O)c3ncccc3O)C2)cs1. The van der Waals surface area contributed by atoms with Gasteiger partial charge in [-0.2, -0.15) is 0 Å². The molecule has 2 aromatic heterocycles. The quantitative estimate of drug-likeness (QED) is 0.706. The van der Waals surface area contributed by atoms with Crippen molar-refractivity contribution in [2.45, 2.75) is 57.5 Å². The predicted molar refractivity (Wildman–Crippen MR) is 103 cm³/mol. The minimum atomic E-state index is -0.395. The van der Waals surface area contributed by atoms with Gasteiger partial charge in [-0.15, -0.1) is 11.3 Å². The highest BCUT2D eigenvalue weighted by Gasteiger charge is 2.26. The van der Waals surface area contributed by atoms with Gasteiger partial charge in [0.2, 0.25) is 0 Å². The number of aromatic hydroxyl groups is 1. The van der Waals surface area contributed by atoms with E-state index in [0.717, 1.165) is 37.1 Å². The van der Waals surface area contributed by atoms with Gasteiger partial charge in [-0.3, -0.25) is 9.59 Å². The molecule has 0 radical (unpaired) electrons. The standard InChI is InChI=1S/C19H24N4O3S/c1-2-5-16-23-14(11-27-16)18(25)21-12-6-3-7-13(10-12)22-19(26)17-15(24)8-4-9-20-17/h4,8-9,11-13,24H,2-3,5-7,10H2,1H3,(H,21,25)(H,22,26)/t12-,13+/m1/s1. The van der Waals surface area contributed by atoms with Crippen molar-refractivity contribution in [3.05, 3.63) is 40.1 Å². The van der Waals surface area contributed by atoms with Gasteiger partial charge in [0.15, 0.2) is 5.69 Å². The van der Waals surface area contributed by atoms with Crippen LogP contribution in [0.2, 0.25) is 0 Å². The van der Waals surface area contributed by atoms with Crippen LogP contribution >= 0.6 is 11.3 Å². The van der Waals surface area contributed by atoms with Gasteiger partial charge in [0, 0.05) is 23.7 Å². The van der Waals surface area contributed by atoms with E-state index in [2.05, 4.69) is 27.5 Å². The maximum Gasteiger partial charge on any atom is 0.273 e. The molecule has 27 heavy (non-hydrogen) atoms. The van der Waals surface area contributed by atoms with E-state index in [9.17, 15) is 14.7 Å². The Balaban J connectivity index is 1.55. The summed E-state index contributed by atoms with van der Waals surface area (Å²) >= 11 is 1.51. The second-order valence-electron chi connectivity index (χ2n) is 6.75. The number of pyridine rings is 1. The number of hydrogen-bond acceptors (Lipinski definition) is 6. The summed E-state index contributed by atoms with van der Waals surface area (Å²) in [4.78, 5) is 33.1. The zero-order valence-corrected chi connectivity index (χ0v) is 16.1. The molecule has 0 bridgehead atoms. The summed E-state index contributed by atoms with van der Waals surface area (Å²) < 4.78 is 0. The minimum absolute atomic E-state index is 0.00907. The first-order chi connectivity index (χ1) is 13.1. The van der Waals surface area contributed by atoms with Crippen LogP contribution in [0, 0.1) is 0 Å². The van der Waals surface area contributed by atoms with Gasteiger partial charge in [-0.1, -0.05) is 6.92 Å². The number of carbonyl (C=O) groups excluding carboxylic acids is 2. The van der Waals surface area contributed by atoms with Crippen molar-refractivity contribution >= 4 is 23.2 Å². The Labute approximate surface area is 162 Å². The molecule has 144 valence electrons. The fourth-order valence-electron chi connectivity index (χ4n) is 3.28. The number of carbonyl (C=O) groups is 2. The van der Waals surface area contributed by atoms with Crippen molar-refractivity contribution in [3.63, 3.8) is 0 Å². The first-order valence-electron chi connectivity index (χ1n) is 9.27. The van der Waals surface area contributed by atoms with Crippen LogP contribution in [0.3, 0.4) is 0 Å². The van der Waals surface area contributed by atoms with Crippen molar-refractivity contribution in [2.75, 3.05) is 0 Å². The molecule has 2 atom stereocenters. The number of nitrogens with one attached hydrogen (secondary N) is 2. The molecule has 0 aromatic carbocycles. The molecular formula is C19H24N4O3S. The van der Waals surface area contributed by atoms with E-state index >= 15 is 0 Å². The molecule has 2 heterocycles. The Bertz CT molecular complexity index is 808. The van der Waals surface area contributed by atoms with Crippen LogP contribution in [-0.4, -0.2) is 39.0 Å². The highest BCUT2D eigenvalue weighted by atomic mass is 32.1. The summed E-state index contributed by atoms with van der Waals surface area (Å²) in [5.41, 5.74) is 0.489. The van der Waals surface area contributed by atoms with Crippen molar-refractivity contribution in [2.24, 2.45) is 0 Å². The average Bonchev–Trinajstić information content (AvgIpc) is 3.11. The summed E-state index contributed by atoms with van der Waals surface area (Å²) in [5, 5.41) is 18.5. The van der Waals surface area contributed by atoms with Crippen LogP contribution in [0.15, 0.2) is 23.7 Å². The van der Waals surface area contributed by atoms with Gasteiger partial charge >= 0.3 is 0 Å². The third-order valence-corrected chi connectivity index (χ3v) is 5.50. The van der Waals surface area contributed by atoms with Crippen molar-refractivity contribution < 1.29 is 14.7 Å². The smallest absolute Gasteiger partial charge is 0.273 e. The van der Waals surface area contributed by atoms with E-state index in [4.69, 9.17) is 0 Å². The second kappa shape index (κ2) is 8.94. The Hall–Kier alpha value is -2.48. The average molecular weight is 388 g/mol. The van der Waals surface area contributed by atoms with E-state index in [1.165, 1.54) is 23.6 Å². The largest absolute Gasteiger partial charge is 0.505 e. The van der Waals surface area contributed by atoms with Crippen LogP contribution in [0.25, 0.3) is 0 Å². The fraction of sp³-hybridized carbons (Fsp3) is 0.474. The molecule has 2 aromatic rings. The van der Waals surface area contributed by atoms with E-state index in [1.54, 1.807) is 11.4 Å². The van der Waals surface area contributed by atoms with Crippen LogP contribution in [0.5, 0.6) is 5.75 Å². The molecule has 3 rings (SSSR count). The Kier molecular flexibility index (Phi) is 6.39. The number of aryl methyl sites for hydroxylation is 1. The highest BCUT2D eigenvalue weighted by molar-refractivity contribution is 7.09. The Morgan fingerprint density at radius 2 is 2.00 bits per heavy atom. The summed E-state index contributed by atoms with van der Waals surface area (Å²) in [6, 6.07) is 2.93. The van der Waals surface area contributed by atoms with E-state index in [1.807, 2.05) is 0 Å². The van der Waals surface area contributed by atoms with Crippen LogP contribution in [0.4, 0.5) is 0 Å². The molecule has 1 aliphatic carbocycles. The maximum atomic E-state index is 12.4. The lowest BCUT2D eigenvalue weighted by molar-refractivity contribution is 0.0896. The summed E-state index contributed by atoms with van der Waals surface area (Å²) in [7, 11) is 0.